The van der Waals surface area contributed by atoms with Gasteiger partial charge < -0.3 is 18.9 Å². The maximum atomic E-state index is 12.5. The Bertz CT molecular complexity index is 1430. The molecule has 0 saturated heterocycles. The fourth-order valence-corrected chi connectivity index (χ4v) is 4.47. The van der Waals surface area contributed by atoms with Crippen LogP contribution in [-0.2, 0) is 18.9 Å². The van der Waals surface area contributed by atoms with Gasteiger partial charge in [0.05, 0.1) is 22.8 Å². The van der Waals surface area contributed by atoms with E-state index in [1.54, 1.807) is 0 Å². The van der Waals surface area contributed by atoms with Crippen LogP contribution in [0.4, 0.5) is 0 Å². The molecule has 0 saturated carbocycles. The van der Waals surface area contributed by atoms with Gasteiger partial charge in [-0.3, -0.25) is 4.79 Å². The van der Waals surface area contributed by atoms with Gasteiger partial charge in [-0.25, -0.2) is 4.98 Å². The van der Waals surface area contributed by atoms with E-state index in [9.17, 15) is 4.79 Å². The Morgan fingerprint density at radius 3 is 2.59 bits per heavy atom. The second kappa shape index (κ2) is 8.16. The highest BCUT2D eigenvalue weighted by Crippen LogP contribution is 2.28. The minimum absolute atomic E-state index is 0.126. The van der Waals surface area contributed by atoms with Crippen LogP contribution >= 0.6 is 11.8 Å². The topological polar surface area (TPSA) is 90.8 Å². The Balaban J connectivity index is 1.24. The van der Waals surface area contributed by atoms with Gasteiger partial charge in [-0.05, 0) is 31.2 Å². The fourth-order valence-electron chi connectivity index (χ4n) is 3.89. The predicted molar refractivity (Wildman–Crippen MR) is 124 cm³/mol. The lowest BCUT2D eigenvalue weighted by molar-refractivity contribution is -0.119. The first kappa shape index (κ1) is 20.3. The molecule has 3 aromatic heterocycles. The van der Waals surface area contributed by atoms with Crippen molar-refractivity contribution in [2.45, 2.75) is 18.2 Å². The van der Waals surface area contributed by atoms with Gasteiger partial charge in [-0.15, -0.1) is 10.2 Å². The Hall–Kier alpha value is -3.59. The summed E-state index contributed by atoms with van der Waals surface area (Å²) in [6.45, 7) is 1.93. The molecule has 0 unspecified atom stereocenters. The van der Waals surface area contributed by atoms with Crippen LogP contribution in [-0.4, -0.2) is 36.0 Å². The largest absolute Gasteiger partial charge is 0.410 e. The third-order valence-electron chi connectivity index (χ3n) is 5.49. The molecule has 32 heavy (non-hydrogen) atoms. The van der Waals surface area contributed by atoms with Crippen molar-refractivity contribution in [2.75, 3.05) is 5.75 Å². The summed E-state index contributed by atoms with van der Waals surface area (Å²) in [4.78, 5) is 17.2. The normalized spacial score (nSPS) is 12.5. The Labute approximate surface area is 188 Å². The number of carbonyl (C=O) groups is 1. The van der Waals surface area contributed by atoms with E-state index in [1.165, 1.54) is 11.8 Å². The number of hydrogen-bond donors (Lipinski definition) is 1. The smallest absolute Gasteiger partial charge is 0.277 e. The van der Waals surface area contributed by atoms with Crippen molar-refractivity contribution in [3.63, 3.8) is 0 Å². The van der Waals surface area contributed by atoms with E-state index >= 15 is 0 Å². The number of imidazole rings is 1. The van der Waals surface area contributed by atoms with E-state index in [4.69, 9.17) is 4.42 Å². The molecule has 1 N–H and O–H groups in total. The van der Waals surface area contributed by atoms with Gasteiger partial charge in [0.1, 0.15) is 11.5 Å². The molecule has 0 spiro atoms. The molecule has 5 rings (SSSR count). The van der Waals surface area contributed by atoms with E-state index in [-0.39, 0.29) is 17.7 Å². The number of aromatic nitrogens is 5. The minimum Gasteiger partial charge on any atom is -0.410 e. The first-order chi connectivity index (χ1) is 15.5. The van der Waals surface area contributed by atoms with Crippen LogP contribution in [0, 0.1) is 0 Å². The third-order valence-corrected chi connectivity index (χ3v) is 6.31. The number of nitrogens with one attached hydrogen (secondary N) is 1. The molecule has 0 aliphatic carbocycles. The van der Waals surface area contributed by atoms with Gasteiger partial charge in [0, 0.05) is 25.0 Å². The van der Waals surface area contributed by atoms with Crippen molar-refractivity contribution in [1.29, 1.82) is 0 Å². The van der Waals surface area contributed by atoms with E-state index in [1.807, 2.05) is 84.8 Å². The molecule has 0 bridgehead atoms. The fraction of sp³-hybridized carbons (Fsp3) is 0.217. The number of carbonyl (C=O) groups excluding carboxylic acids is 1. The summed E-state index contributed by atoms with van der Waals surface area (Å²) in [5.74, 6) is 1.28. The Morgan fingerprint density at radius 2 is 1.81 bits per heavy atom. The van der Waals surface area contributed by atoms with Crippen molar-refractivity contribution in [3.05, 3.63) is 60.4 Å². The van der Waals surface area contributed by atoms with Gasteiger partial charge in [-0.2, -0.15) is 0 Å². The second-order valence-electron chi connectivity index (χ2n) is 7.62. The van der Waals surface area contributed by atoms with Crippen LogP contribution in [0.5, 0.6) is 0 Å². The van der Waals surface area contributed by atoms with Gasteiger partial charge in [0.15, 0.2) is 0 Å². The average molecular weight is 447 g/mol. The van der Waals surface area contributed by atoms with Crippen LogP contribution in [0.25, 0.3) is 33.5 Å². The van der Waals surface area contributed by atoms with Crippen LogP contribution < -0.4 is 5.32 Å². The number of thioether (sulfide) groups is 1. The second-order valence-corrected chi connectivity index (χ2v) is 8.54. The predicted octanol–water partition coefficient (Wildman–Crippen LogP) is 4.08. The third kappa shape index (κ3) is 3.64. The first-order valence-electron chi connectivity index (χ1n) is 10.2. The number of hydrogen-bond acceptors (Lipinski definition) is 6. The number of amides is 1. The molecule has 0 radical (unpaired) electrons. The summed E-state index contributed by atoms with van der Waals surface area (Å²) in [5.41, 5.74) is 3.87. The Morgan fingerprint density at radius 1 is 1.06 bits per heavy atom. The number of rotatable bonds is 6. The standard InChI is InChI=1S/C23H22N6O2S/c1-14(21-25-16-9-5-7-11-18(16)29(21)3)24-20(30)13-32-23-27-26-22(31-23)19-12-15-8-4-6-10-17(15)28(19)2/h4-12,14H,13H2,1-3H3,(H,24,30)/t14-/m0/s1. The van der Waals surface area contributed by atoms with Crippen molar-refractivity contribution in [1.82, 2.24) is 29.6 Å². The maximum Gasteiger partial charge on any atom is 0.277 e. The summed E-state index contributed by atoms with van der Waals surface area (Å²) in [6, 6.07) is 17.8. The van der Waals surface area contributed by atoms with Crippen LogP contribution in [0.15, 0.2) is 64.2 Å². The molecule has 1 atom stereocenters. The molecule has 8 nitrogen and oxygen atoms in total. The molecule has 1 amide bonds. The lowest BCUT2D eigenvalue weighted by atomic mass is 10.2. The van der Waals surface area contributed by atoms with Crippen molar-refractivity contribution in [3.8, 4) is 11.6 Å². The molecule has 0 fully saturated rings. The van der Waals surface area contributed by atoms with E-state index in [0.717, 1.165) is 33.5 Å². The van der Waals surface area contributed by atoms with Crippen molar-refractivity contribution >= 4 is 39.6 Å². The van der Waals surface area contributed by atoms with Crippen molar-refractivity contribution < 1.29 is 9.21 Å². The highest BCUT2D eigenvalue weighted by Gasteiger charge is 2.18. The lowest BCUT2D eigenvalue weighted by Gasteiger charge is -2.13. The highest BCUT2D eigenvalue weighted by atomic mass is 32.2. The number of benzene rings is 2. The number of fused-ring (bicyclic) bond motifs is 2. The van der Waals surface area contributed by atoms with Crippen LogP contribution in [0.1, 0.15) is 18.8 Å². The zero-order valence-corrected chi connectivity index (χ0v) is 18.8. The summed E-state index contributed by atoms with van der Waals surface area (Å²) >= 11 is 1.21. The number of aryl methyl sites for hydroxylation is 2. The molecule has 5 aromatic rings. The van der Waals surface area contributed by atoms with E-state index in [0.29, 0.717) is 11.1 Å². The van der Waals surface area contributed by atoms with E-state index in [2.05, 4.69) is 20.5 Å². The SMILES string of the molecule is C[C@H](NC(=O)CSc1nnc(-c2cc3ccccc3n2C)o1)c1nc2ccccc2n1C. The van der Waals surface area contributed by atoms with Crippen LogP contribution in [0.3, 0.4) is 0 Å². The van der Waals surface area contributed by atoms with Gasteiger partial charge in [-0.1, -0.05) is 42.1 Å². The zero-order valence-electron chi connectivity index (χ0n) is 17.9. The molecule has 162 valence electrons. The summed E-state index contributed by atoms with van der Waals surface area (Å²) < 4.78 is 9.82. The van der Waals surface area contributed by atoms with E-state index < -0.39 is 0 Å². The lowest BCUT2D eigenvalue weighted by Crippen LogP contribution is -2.29. The number of para-hydroxylation sites is 3. The molecule has 2 aromatic carbocycles. The summed E-state index contributed by atoms with van der Waals surface area (Å²) in [6.07, 6.45) is 0. The van der Waals surface area contributed by atoms with Gasteiger partial charge >= 0.3 is 0 Å². The molecule has 3 heterocycles. The average Bonchev–Trinajstić information content (AvgIpc) is 3.49. The van der Waals surface area contributed by atoms with Crippen molar-refractivity contribution in [2.24, 2.45) is 14.1 Å². The minimum atomic E-state index is -0.227. The zero-order chi connectivity index (χ0) is 22.2. The summed E-state index contributed by atoms with van der Waals surface area (Å²) in [5, 5.41) is 12.7. The molecular formula is C23H22N6O2S. The Kier molecular flexibility index (Phi) is 5.18. The first-order valence-corrected chi connectivity index (χ1v) is 11.2. The van der Waals surface area contributed by atoms with Gasteiger partial charge in [0.25, 0.3) is 11.1 Å². The monoisotopic (exact) mass is 446 g/mol. The molecule has 0 aliphatic heterocycles. The molecule has 0 aliphatic rings. The van der Waals surface area contributed by atoms with Gasteiger partial charge in [0.2, 0.25) is 5.91 Å². The molecule has 9 heteroatoms. The molecular weight excluding hydrogens is 424 g/mol. The maximum absolute atomic E-state index is 12.5. The highest BCUT2D eigenvalue weighted by molar-refractivity contribution is 7.99. The summed E-state index contributed by atoms with van der Waals surface area (Å²) in [7, 11) is 3.92. The van der Waals surface area contributed by atoms with Crippen LogP contribution in [0.2, 0.25) is 0 Å². The quantitative estimate of drug-likeness (QED) is 0.395. The number of nitrogens with zero attached hydrogens (tertiary/aromatic N) is 5.